The number of hydrogen-bond acceptors (Lipinski definition) is 5. The van der Waals surface area contributed by atoms with Gasteiger partial charge >= 0.3 is 5.97 Å². The molecule has 1 aromatic carbocycles. The molecule has 0 aliphatic carbocycles. The minimum Gasteiger partial charge on any atom is -0.465 e. The van der Waals surface area contributed by atoms with Gasteiger partial charge in [-0.2, -0.15) is 0 Å². The average molecular weight is 398 g/mol. The lowest BCUT2D eigenvalue weighted by Gasteiger charge is -2.11. The Morgan fingerprint density at radius 2 is 1.85 bits per heavy atom. The van der Waals surface area contributed by atoms with Crippen LogP contribution < -0.4 is 10.6 Å². The topological polar surface area (TPSA) is 63.2 Å². The van der Waals surface area contributed by atoms with E-state index in [1.165, 1.54) is 18.4 Å². The molecule has 2 aromatic heterocycles. The Bertz CT molecular complexity index is 964. The van der Waals surface area contributed by atoms with Gasteiger partial charge in [-0.1, -0.05) is 30.3 Å². The first-order valence-corrected chi connectivity index (χ1v) is 9.49. The summed E-state index contributed by atoms with van der Waals surface area (Å²) in [6.07, 6.45) is 0. The number of thiophene rings is 1. The summed E-state index contributed by atoms with van der Waals surface area (Å²) in [5.74, 6) is 0.243. The molecule has 2 N–H and O–H groups in total. The Hall–Kier alpha value is -2.77. The van der Waals surface area contributed by atoms with Crippen molar-refractivity contribution in [3.63, 3.8) is 0 Å². The number of esters is 1. The summed E-state index contributed by atoms with van der Waals surface area (Å²) in [6.45, 7) is 3.92. The molecule has 7 heteroatoms. The monoisotopic (exact) mass is 397 g/mol. The predicted octanol–water partition coefficient (Wildman–Crippen LogP) is 5.02. The van der Waals surface area contributed by atoms with Gasteiger partial charge in [-0.05, 0) is 55.4 Å². The van der Waals surface area contributed by atoms with Gasteiger partial charge in [0.1, 0.15) is 10.8 Å². The van der Waals surface area contributed by atoms with E-state index in [1.54, 1.807) is 0 Å². The Balaban J connectivity index is 1.85. The molecule has 0 atom stereocenters. The zero-order valence-corrected chi connectivity index (χ0v) is 16.8. The van der Waals surface area contributed by atoms with Crippen LogP contribution >= 0.6 is 23.6 Å². The van der Waals surface area contributed by atoms with Crippen LogP contribution in [0.25, 0.3) is 10.4 Å². The molecule has 3 aromatic rings. The van der Waals surface area contributed by atoms with E-state index in [2.05, 4.69) is 15.6 Å². The summed E-state index contributed by atoms with van der Waals surface area (Å²) in [4.78, 5) is 17.5. The third kappa shape index (κ3) is 4.69. The van der Waals surface area contributed by atoms with Gasteiger partial charge in [0.05, 0.1) is 12.7 Å². The van der Waals surface area contributed by atoms with Gasteiger partial charge in [0, 0.05) is 10.6 Å². The number of benzene rings is 1. The van der Waals surface area contributed by atoms with Crippen molar-refractivity contribution in [2.24, 2.45) is 0 Å². The zero-order valence-electron chi connectivity index (χ0n) is 15.2. The molecular formula is C20H19N3O2S2. The Morgan fingerprint density at radius 1 is 1.11 bits per heavy atom. The molecule has 2 heterocycles. The van der Waals surface area contributed by atoms with E-state index in [1.807, 2.05) is 62.4 Å². The molecule has 0 bridgehead atoms. The van der Waals surface area contributed by atoms with Crippen molar-refractivity contribution in [2.45, 2.75) is 13.8 Å². The lowest BCUT2D eigenvalue weighted by atomic mass is 10.1. The van der Waals surface area contributed by atoms with Crippen LogP contribution in [-0.2, 0) is 4.74 Å². The molecule has 0 amide bonds. The van der Waals surface area contributed by atoms with Crippen molar-refractivity contribution >= 4 is 45.5 Å². The summed E-state index contributed by atoms with van der Waals surface area (Å²) < 4.78 is 4.91. The quantitative estimate of drug-likeness (QED) is 0.476. The highest BCUT2D eigenvalue weighted by molar-refractivity contribution is 7.80. The standard InChI is InChI=1S/C20H19N3O2S2/c1-12-9-13(2)21-17(10-12)22-20(26)23-18-15(19(24)25-3)11-16(27-18)14-7-5-4-6-8-14/h4-11H,1-3H3,(H2,21,22,23,26). The second kappa shape index (κ2) is 8.28. The molecule has 5 nitrogen and oxygen atoms in total. The molecule has 0 unspecified atom stereocenters. The average Bonchev–Trinajstić information content (AvgIpc) is 3.04. The molecule has 0 radical (unpaired) electrons. The van der Waals surface area contributed by atoms with E-state index in [-0.39, 0.29) is 0 Å². The fourth-order valence-electron chi connectivity index (χ4n) is 2.65. The van der Waals surface area contributed by atoms with Gasteiger partial charge in [0.15, 0.2) is 5.11 Å². The summed E-state index contributed by atoms with van der Waals surface area (Å²) in [5, 5.41) is 7.16. The third-order valence-corrected chi connectivity index (χ3v) is 5.07. The largest absolute Gasteiger partial charge is 0.465 e. The van der Waals surface area contributed by atoms with Crippen LogP contribution in [0, 0.1) is 13.8 Å². The molecule has 0 fully saturated rings. The normalized spacial score (nSPS) is 10.3. The Kier molecular flexibility index (Phi) is 5.83. The Morgan fingerprint density at radius 3 is 2.52 bits per heavy atom. The number of nitrogens with one attached hydrogen (secondary N) is 2. The third-order valence-electron chi connectivity index (χ3n) is 3.76. The fourth-order valence-corrected chi connectivity index (χ4v) is 3.97. The lowest BCUT2D eigenvalue weighted by Crippen LogP contribution is -2.20. The number of pyridine rings is 1. The molecule has 138 valence electrons. The summed E-state index contributed by atoms with van der Waals surface area (Å²) in [5.41, 5.74) is 3.46. The minimum atomic E-state index is -0.414. The molecule has 0 aliphatic rings. The van der Waals surface area contributed by atoms with Gasteiger partial charge in [-0.3, -0.25) is 0 Å². The highest BCUT2D eigenvalue weighted by Crippen LogP contribution is 2.36. The van der Waals surface area contributed by atoms with E-state index >= 15 is 0 Å². The number of ether oxygens (including phenoxy) is 1. The van der Waals surface area contributed by atoms with Crippen LogP contribution in [0.4, 0.5) is 10.8 Å². The number of methoxy groups -OCH3 is 1. The van der Waals surface area contributed by atoms with Crippen LogP contribution in [-0.4, -0.2) is 23.2 Å². The maximum Gasteiger partial charge on any atom is 0.340 e. The molecule has 27 heavy (non-hydrogen) atoms. The maximum atomic E-state index is 12.2. The number of rotatable bonds is 4. The number of carbonyl (C=O) groups excluding carboxylic acids is 1. The van der Waals surface area contributed by atoms with Crippen molar-refractivity contribution in [3.8, 4) is 10.4 Å². The minimum absolute atomic E-state index is 0.360. The van der Waals surface area contributed by atoms with Crippen LogP contribution in [0.3, 0.4) is 0 Å². The van der Waals surface area contributed by atoms with Gasteiger partial charge in [-0.15, -0.1) is 11.3 Å². The van der Waals surface area contributed by atoms with E-state index < -0.39 is 5.97 Å². The van der Waals surface area contributed by atoms with Crippen molar-refractivity contribution in [1.82, 2.24) is 4.98 Å². The summed E-state index contributed by atoms with van der Waals surface area (Å²) in [7, 11) is 1.36. The molecule has 0 saturated heterocycles. The first kappa shape index (κ1) is 19.0. The summed E-state index contributed by atoms with van der Waals surface area (Å²) >= 11 is 6.85. The first-order chi connectivity index (χ1) is 13.0. The van der Waals surface area contributed by atoms with E-state index in [9.17, 15) is 4.79 Å². The maximum absolute atomic E-state index is 12.2. The van der Waals surface area contributed by atoms with E-state index in [0.29, 0.717) is 21.5 Å². The number of thiocarbonyl (C=S) groups is 1. The Labute approximate surface area is 167 Å². The fraction of sp³-hybridized carbons (Fsp3) is 0.150. The molecule has 3 rings (SSSR count). The smallest absolute Gasteiger partial charge is 0.340 e. The van der Waals surface area contributed by atoms with E-state index in [4.69, 9.17) is 17.0 Å². The van der Waals surface area contributed by atoms with Gasteiger partial charge in [0.25, 0.3) is 0 Å². The van der Waals surface area contributed by atoms with Crippen molar-refractivity contribution in [3.05, 3.63) is 65.4 Å². The van der Waals surface area contributed by atoms with Crippen molar-refractivity contribution < 1.29 is 9.53 Å². The SMILES string of the molecule is COC(=O)c1cc(-c2ccccc2)sc1NC(=S)Nc1cc(C)cc(C)n1. The number of nitrogens with zero attached hydrogens (tertiary/aromatic N) is 1. The van der Waals surface area contributed by atoms with Gasteiger partial charge in [-0.25, -0.2) is 9.78 Å². The number of anilines is 2. The molecule has 0 spiro atoms. The molecule has 0 saturated carbocycles. The van der Waals surface area contributed by atoms with Gasteiger partial charge in [0.2, 0.25) is 0 Å². The van der Waals surface area contributed by atoms with Crippen LogP contribution in [0.15, 0.2) is 48.5 Å². The van der Waals surface area contributed by atoms with Crippen LogP contribution in [0.5, 0.6) is 0 Å². The number of hydrogen-bond donors (Lipinski definition) is 2. The number of aryl methyl sites for hydroxylation is 2. The molecular weight excluding hydrogens is 378 g/mol. The predicted molar refractivity (Wildman–Crippen MR) is 115 cm³/mol. The second-order valence-corrected chi connectivity index (χ2v) is 7.42. The van der Waals surface area contributed by atoms with Crippen LogP contribution in [0.2, 0.25) is 0 Å². The highest BCUT2D eigenvalue weighted by atomic mass is 32.1. The number of carbonyl (C=O) groups is 1. The summed E-state index contributed by atoms with van der Waals surface area (Å²) in [6, 6.07) is 15.6. The van der Waals surface area contributed by atoms with E-state index in [0.717, 1.165) is 21.7 Å². The first-order valence-electron chi connectivity index (χ1n) is 8.27. The lowest BCUT2D eigenvalue weighted by molar-refractivity contribution is 0.0602. The zero-order chi connectivity index (χ0) is 19.4. The van der Waals surface area contributed by atoms with Crippen LogP contribution in [0.1, 0.15) is 21.6 Å². The van der Waals surface area contributed by atoms with Crippen molar-refractivity contribution in [1.29, 1.82) is 0 Å². The number of aromatic nitrogens is 1. The molecule has 0 aliphatic heterocycles. The van der Waals surface area contributed by atoms with Crippen molar-refractivity contribution in [2.75, 3.05) is 17.7 Å². The highest BCUT2D eigenvalue weighted by Gasteiger charge is 2.18. The second-order valence-electron chi connectivity index (χ2n) is 5.96. The van der Waals surface area contributed by atoms with Gasteiger partial charge < -0.3 is 15.4 Å².